The van der Waals surface area contributed by atoms with E-state index >= 15 is 0 Å². The van der Waals surface area contributed by atoms with Gasteiger partial charge in [0.25, 0.3) is 16.7 Å². The summed E-state index contributed by atoms with van der Waals surface area (Å²) < 4.78 is 133. The first-order valence-electron chi connectivity index (χ1n) is 28.9. The Morgan fingerprint density at radius 2 is 0.866 bits per heavy atom. The number of aliphatic hydroxyl groups is 2. The molecule has 5 fully saturated rings. The molecular formula is C48H63N15O30P4. The van der Waals surface area contributed by atoms with E-state index in [2.05, 4.69) is 34.9 Å². The van der Waals surface area contributed by atoms with Gasteiger partial charge in [-0.25, -0.2) is 42.4 Å². The zero-order chi connectivity index (χ0) is 69.8. The van der Waals surface area contributed by atoms with E-state index in [1.54, 1.807) is 0 Å². The van der Waals surface area contributed by atoms with Gasteiger partial charge in [-0.2, -0.15) is 15.0 Å². The summed E-state index contributed by atoms with van der Waals surface area (Å²) in [5, 5.41) is 20.9. The summed E-state index contributed by atoms with van der Waals surface area (Å²) in [5.41, 5.74) is 10.9. The van der Waals surface area contributed by atoms with Crippen LogP contribution >= 0.6 is 31.3 Å². The molecule has 0 bridgehead atoms. The van der Waals surface area contributed by atoms with Crippen LogP contribution in [0, 0.1) is 13.8 Å². The van der Waals surface area contributed by atoms with Crippen molar-refractivity contribution in [3.8, 4) is 0 Å². The van der Waals surface area contributed by atoms with Crippen LogP contribution in [-0.4, -0.2) is 182 Å². The quantitative estimate of drug-likeness (QED) is 0.0239. The Morgan fingerprint density at radius 3 is 1.28 bits per heavy atom. The number of rotatable bonds is 26. The van der Waals surface area contributed by atoms with Crippen molar-refractivity contribution in [1.29, 1.82) is 0 Å². The molecule has 5 aliphatic rings. The number of aliphatic hydroxyl groups excluding tert-OH is 2. The van der Waals surface area contributed by atoms with Crippen LogP contribution in [-0.2, 0) is 78.1 Å². The molecular weight excluding hydrogens is 1390 g/mol. The molecule has 0 spiro atoms. The summed E-state index contributed by atoms with van der Waals surface area (Å²) in [4.78, 5) is 155. The lowest BCUT2D eigenvalue weighted by atomic mass is 10.2. The fourth-order valence-corrected chi connectivity index (χ4v) is 14.9. The molecule has 19 atom stereocenters. The van der Waals surface area contributed by atoms with Gasteiger partial charge in [0.1, 0.15) is 97.7 Å². The molecule has 0 aliphatic carbocycles. The maximum atomic E-state index is 14.1. The number of nitrogens with zero attached hydrogens (tertiary/aromatic N) is 9. The second-order valence-corrected chi connectivity index (χ2v) is 28.1. The van der Waals surface area contributed by atoms with Crippen LogP contribution in [0.4, 0.5) is 17.6 Å². The van der Waals surface area contributed by atoms with E-state index in [4.69, 9.17) is 77.1 Å². The Hall–Kier alpha value is -6.97. The highest BCUT2D eigenvalue weighted by molar-refractivity contribution is 7.48. The molecule has 49 heteroatoms. The van der Waals surface area contributed by atoms with Gasteiger partial charge < -0.3 is 70.7 Å². The summed E-state index contributed by atoms with van der Waals surface area (Å²) in [5.74, 6) is -0.680. The van der Waals surface area contributed by atoms with E-state index in [-0.39, 0.29) is 52.7 Å². The van der Waals surface area contributed by atoms with E-state index in [0.717, 1.165) is 37.0 Å². The average Bonchev–Trinajstić information content (AvgIpc) is 1.65. The summed E-state index contributed by atoms with van der Waals surface area (Å²) >= 11 is 0. The first-order chi connectivity index (χ1) is 45.7. The van der Waals surface area contributed by atoms with Crippen molar-refractivity contribution in [3.05, 3.63) is 127 Å². The fourth-order valence-electron chi connectivity index (χ4n) is 11.1. The largest absolute Gasteiger partial charge is 0.472 e. The molecule has 11 rings (SSSR count). The number of nitrogens with two attached hydrogens (primary N) is 3. The van der Waals surface area contributed by atoms with Crippen LogP contribution in [0.3, 0.4) is 0 Å². The number of aryl methyl sites for hydroxylation is 2. The first kappa shape index (κ1) is 71.3. The summed E-state index contributed by atoms with van der Waals surface area (Å²) in [6.45, 7) is -1.99. The van der Waals surface area contributed by atoms with Crippen molar-refractivity contribution >= 4 is 60.0 Å². The van der Waals surface area contributed by atoms with Crippen LogP contribution in [0.2, 0.25) is 0 Å². The highest BCUT2D eigenvalue weighted by Crippen LogP contribution is 2.55. The van der Waals surface area contributed by atoms with Gasteiger partial charge in [-0.3, -0.25) is 88.4 Å². The smallest absolute Gasteiger partial charge is 0.394 e. The molecule has 530 valence electrons. The van der Waals surface area contributed by atoms with Gasteiger partial charge >= 0.3 is 54.0 Å². The monoisotopic (exact) mass is 1450 g/mol. The Labute approximate surface area is 539 Å². The normalized spacial score (nSPS) is 30.0. The average molecular weight is 1450 g/mol. The van der Waals surface area contributed by atoms with Crippen molar-refractivity contribution in [2.45, 2.75) is 138 Å². The third-order valence-electron chi connectivity index (χ3n) is 15.8. The van der Waals surface area contributed by atoms with Gasteiger partial charge in [0.05, 0.1) is 45.5 Å². The predicted molar refractivity (Wildman–Crippen MR) is 319 cm³/mol. The van der Waals surface area contributed by atoms with Gasteiger partial charge in [0.15, 0.2) is 11.2 Å². The number of aromatic nitrogens is 12. The lowest BCUT2D eigenvalue weighted by molar-refractivity contribution is -0.0647. The molecule has 97 heavy (non-hydrogen) atoms. The Kier molecular flexibility index (Phi) is 20.8. The molecule has 5 saturated heterocycles. The number of ether oxygens (including phenoxy) is 5. The number of anilines is 3. The molecule has 0 aromatic carbocycles. The molecule has 0 amide bonds. The molecule has 5 aliphatic heterocycles. The van der Waals surface area contributed by atoms with Crippen molar-refractivity contribution in [2.24, 2.45) is 0 Å². The van der Waals surface area contributed by atoms with Crippen LogP contribution in [0.25, 0.3) is 11.2 Å². The predicted octanol–water partition coefficient (Wildman–Crippen LogP) is -3.10. The minimum atomic E-state index is -5.54. The number of nitrogens with one attached hydrogen (secondary N) is 3. The number of fused-ring (bicyclic) bond motifs is 1. The summed E-state index contributed by atoms with van der Waals surface area (Å²) in [7, 11) is -21.6. The van der Waals surface area contributed by atoms with Gasteiger partial charge in [0.2, 0.25) is 5.95 Å². The summed E-state index contributed by atoms with van der Waals surface area (Å²) in [6, 6.07) is 2.48. The molecule has 45 nitrogen and oxygen atoms in total. The fraction of sp³-hybridized carbons (Fsp3) is 0.562. The molecule has 4 unspecified atom stereocenters. The number of aromatic amines is 3. The number of H-pyrrole nitrogens is 3. The van der Waals surface area contributed by atoms with E-state index in [1.165, 1.54) is 42.9 Å². The Bertz CT molecular complexity index is 4580. The number of phosphoric ester groups is 4. The zero-order valence-electron chi connectivity index (χ0n) is 50.3. The molecule has 0 radical (unpaired) electrons. The van der Waals surface area contributed by atoms with Gasteiger partial charge in [-0.15, -0.1) is 0 Å². The maximum absolute atomic E-state index is 14.1. The zero-order valence-corrected chi connectivity index (χ0v) is 53.9. The highest BCUT2D eigenvalue weighted by Gasteiger charge is 2.50. The third-order valence-corrected chi connectivity index (χ3v) is 19.8. The number of hydrogen-bond donors (Lipinski definition) is 12. The van der Waals surface area contributed by atoms with Crippen molar-refractivity contribution in [2.75, 3.05) is 50.2 Å². The van der Waals surface area contributed by atoms with Crippen LogP contribution in [0.5, 0.6) is 0 Å². The van der Waals surface area contributed by atoms with E-state index in [9.17, 15) is 81.6 Å². The maximum Gasteiger partial charge on any atom is 0.472 e. The molecule has 6 aromatic rings. The van der Waals surface area contributed by atoms with E-state index in [0.29, 0.717) is 0 Å². The Balaban J connectivity index is 0.781. The van der Waals surface area contributed by atoms with E-state index in [1.807, 2.05) is 0 Å². The molecule has 11 heterocycles. The topological polar surface area (TPSA) is 631 Å². The number of hydrogen-bond acceptors (Lipinski definition) is 33. The van der Waals surface area contributed by atoms with Crippen LogP contribution in [0.15, 0.2) is 76.8 Å². The third kappa shape index (κ3) is 16.5. The SMILES string of the molecule is Cc1cn([C@H]2C[C@H](OP(=O)(O)OC[C@H]3O[C@@H](n4cc(C)c(=O)[nH]c4=O)C[C@@H]3O)[C@@H](COP(=O)(O)O[C@H]3C[C@H](n4ccc(N)nc4=O)O[C@@H]3COP(=O)(O)O[C@H]3C[C@H](n4cnc5c(=O)[nH]c(N)nc54)O[C@@H]3COP(=O)(O)O[C@H]3C[C@H](n4ccc(N)nc4=O)O[C@@H]3CO)O2)c(=O)[nH]c1=O. The van der Waals surface area contributed by atoms with E-state index < -0.39 is 215 Å². The number of imidazole rings is 1. The second kappa shape index (κ2) is 28.3. The lowest BCUT2D eigenvalue weighted by Gasteiger charge is -2.25. The second-order valence-electron chi connectivity index (χ2n) is 22.5. The molecule has 0 saturated carbocycles. The van der Waals surface area contributed by atoms with Crippen LogP contribution < -0.4 is 56.6 Å². The number of phosphoric acid groups is 4. The molecule has 15 N–H and O–H groups in total. The van der Waals surface area contributed by atoms with Gasteiger partial charge in [-0.05, 0) is 26.0 Å². The molecule has 6 aromatic heterocycles. The standard InChI is InChI=1S/C48H63N15O30P4/c1-20-12-61(47(71)57-41(20)66)34-7-22(65)28(86-34)15-81-94(73,74)92-25-10-37(62-13-21(2)42(67)58-48(62)72)88-30(25)17-84-96(77,78)91-24-9-36(60-6-4-33(50)54-46(60)70)87-29(24)16-83-97(79,80)93-26-11-38(63-19-52-39-40(63)55-44(51)56-43(39)68)89-31(26)18-82-95(75,76)90-23-8-35(85-27(23)14-64)59-5-3-32(49)53-45(59)69/h3-6,12-13,19,22-31,34-38,64-65H,7-11,14-18H2,1-2H3,(H,73,74)(H,75,76)(H,77,78)(H,79,80)(H2,49,53,69)(H2,50,54,70)(H,57,66,71)(H,58,67,72)(H3,51,55,56,68)/t22-,23-,24-,25-,26-,27+,28+,29+,30+,31+,34+,35+,36+,37+,38+/m0/s1. The minimum absolute atomic E-state index is 0.00942. The first-order valence-corrected chi connectivity index (χ1v) is 34.9. The summed E-state index contributed by atoms with van der Waals surface area (Å²) in [6.07, 6.45) is -18.5. The van der Waals surface area contributed by atoms with Crippen molar-refractivity contribution in [3.63, 3.8) is 0 Å². The minimum Gasteiger partial charge on any atom is -0.394 e. The van der Waals surface area contributed by atoms with Gasteiger partial charge in [0, 0.05) is 68.0 Å². The van der Waals surface area contributed by atoms with Crippen molar-refractivity contribution in [1.82, 2.24) is 57.7 Å². The van der Waals surface area contributed by atoms with Gasteiger partial charge in [-0.1, -0.05) is 0 Å². The van der Waals surface area contributed by atoms with Crippen molar-refractivity contribution < 1.29 is 108 Å². The Morgan fingerprint density at radius 1 is 0.505 bits per heavy atom. The van der Waals surface area contributed by atoms with Crippen LogP contribution in [0.1, 0.15) is 74.4 Å². The number of nitrogen functional groups attached to an aromatic ring is 3. The lowest BCUT2D eigenvalue weighted by Crippen LogP contribution is -2.33. The highest BCUT2D eigenvalue weighted by atomic mass is 31.2.